The van der Waals surface area contributed by atoms with Gasteiger partial charge < -0.3 is 5.32 Å². The predicted octanol–water partition coefficient (Wildman–Crippen LogP) is 4.22. The van der Waals surface area contributed by atoms with E-state index in [0.717, 1.165) is 29.1 Å². The Kier molecular flexibility index (Phi) is 3.97. The maximum atomic E-state index is 12.3. The second-order valence-corrected chi connectivity index (χ2v) is 7.33. The molecule has 23 heavy (non-hydrogen) atoms. The molecule has 0 bridgehead atoms. The van der Waals surface area contributed by atoms with Gasteiger partial charge in [0.15, 0.2) is 0 Å². The molecular weight excluding hydrogens is 324 g/mol. The third-order valence-electron chi connectivity index (χ3n) is 4.13. The monoisotopic (exact) mass is 340 g/mol. The highest BCUT2D eigenvalue weighted by atomic mass is 32.1. The van der Waals surface area contributed by atoms with Gasteiger partial charge in [-0.05, 0) is 35.4 Å². The number of fused-ring (bicyclic) bond motifs is 1. The molecule has 2 aromatic heterocycles. The molecule has 3 aromatic rings. The number of carbonyl (C=O) groups excluding carboxylic acids is 1. The molecule has 3 nitrogen and oxygen atoms in total. The number of thiophene rings is 1. The van der Waals surface area contributed by atoms with Crippen molar-refractivity contribution in [3.63, 3.8) is 0 Å². The molecule has 0 unspecified atom stereocenters. The van der Waals surface area contributed by atoms with Crippen molar-refractivity contribution in [2.45, 2.75) is 25.3 Å². The minimum atomic E-state index is 0.0499. The Balaban J connectivity index is 1.41. The van der Waals surface area contributed by atoms with E-state index in [9.17, 15) is 4.79 Å². The smallest absolute Gasteiger partial charge is 0.226 e. The lowest BCUT2D eigenvalue weighted by Crippen LogP contribution is -2.28. The van der Waals surface area contributed by atoms with Gasteiger partial charge in [0, 0.05) is 16.3 Å². The van der Waals surface area contributed by atoms with Crippen LogP contribution in [0.3, 0.4) is 0 Å². The number of nitrogens with zero attached hydrogens (tertiary/aromatic N) is 1. The highest BCUT2D eigenvalue weighted by molar-refractivity contribution is 7.14. The van der Waals surface area contributed by atoms with Crippen molar-refractivity contribution >= 4 is 28.6 Å². The number of nitrogens with one attached hydrogen (secondary N) is 1. The molecule has 0 spiro atoms. The van der Waals surface area contributed by atoms with Crippen LogP contribution in [-0.4, -0.2) is 10.9 Å². The van der Waals surface area contributed by atoms with Crippen LogP contribution < -0.4 is 5.32 Å². The zero-order chi connectivity index (χ0) is 15.6. The molecule has 0 radical (unpaired) electrons. The lowest BCUT2D eigenvalue weighted by Gasteiger charge is -2.13. The van der Waals surface area contributed by atoms with Crippen molar-refractivity contribution in [2.24, 2.45) is 0 Å². The van der Waals surface area contributed by atoms with Crippen LogP contribution in [0, 0.1) is 0 Å². The Morgan fingerprint density at radius 1 is 1.26 bits per heavy atom. The minimum absolute atomic E-state index is 0.0499. The van der Waals surface area contributed by atoms with Crippen molar-refractivity contribution < 1.29 is 4.79 Å². The number of hydrogen-bond acceptors (Lipinski definition) is 4. The average molecular weight is 340 g/mol. The lowest BCUT2D eigenvalue weighted by atomic mass is 10.1. The summed E-state index contributed by atoms with van der Waals surface area (Å²) in [5.41, 5.74) is 4.60. The summed E-state index contributed by atoms with van der Waals surface area (Å²) in [6, 6.07) is 10.6. The first-order chi connectivity index (χ1) is 11.3. The molecular formula is C18H16N2OS2. The fourth-order valence-electron chi connectivity index (χ4n) is 3.02. The molecule has 1 aromatic carbocycles. The molecule has 0 saturated carbocycles. The van der Waals surface area contributed by atoms with E-state index in [0.29, 0.717) is 6.42 Å². The Labute approximate surface area is 143 Å². The van der Waals surface area contributed by atoms with E-state index in [-0.39, 0.29) is 11.9 Å². The number of amides is 1. The van der Waals surface area contributed by atoms with Crippen molar-refractivity contribution in [3.8, 4) is 10.6 Å². The Hall–Kier alpha value is -1.98. The van der Waals surface area contributed by atoms with Gasteiger partial charge >= 0.3 is 0 Å². The van der Waals surface area contributed by atoms with Gasteiger partial charge in [-0.25, -0.2) is 4.98 Å². The molecule has 0 saturated heterocycles. The van der Waals surface area contributed by atoms with Crippen LogP contribution >= 0.6 is 22.7 Å². The lowest BCUT2D eigenvalue weighted by molar-refractivity contribution is -0.121. The maximum absolute atomic E-state index is 12.3. The Morgan fingerprint density at radius 2 is 2.17 bits per heavy atom. The highest BCUT2D eigenvalue weighted by Crippen LogP contribution is 2.31. The number of hydrogen-bond donors (Lipinski definition) is 1. The molecule has 1 atom stereocenters. The molecule has 1 amide bonds. The van der Waals surface area contributed by atoms with E-state index >= 15 is 0 Å². The van der Waals surface area contributed by atoms with Gasteiger partial charge in [-0.1, -0.05) is 24.3 Å². The number of rotatable bonds is 4. The molecule has 5 heteroatoms. The van der Waals surface area contributed by atoms with E-state index in [1.165, 1.54) is 11.1 Å². The molecule has 116 valence electrons. The number of thiazole rings is 1. The van der Waals surface area contributed by atoms with Crippen LogP contribution in [-0.2, 0) is 17.6 Å². The Bertz CT molecular complexity index is 823. The topological polar surface area (TPSA) is 42.0 Å². The van der Waals surface area contributed by atoms with Crippen LogP contribution in [0.4, 0.5) is 0 Å². The largest absolute Gasteiger partial charge is 0.349 e. The standard InChI is InChI=1S/C18H16N2OS2/c21-17(20-16-6-5-12-3-1-2-4-15(12)16)9-14-11-23-18(19-14)13-7-8-22-10-13/h1-4,7-8,10-11,16H,5-6,9H2,(H,20,21)/t16-/m0/s1. The summed E-state index contributed by atoms with van der Waals surface area (Å²) in [7, 11) is 0. The summed E-state index contributed by atoms with van der Waals surface area (Å²) >= 11 is 3.26. The summed E-state index contributed by atoms with van der Waals surface area (Å²) in [5, 5.41) is 10.2. The molecule has 1 N–H and O–H groups in total. The van der Waals surface area contributed by atoms with Crippen LogP contribution in [0.1, 0.15) is 29.3 Å². The first-order valence-corrected chi connectivity index (χ1v) is 9.46. The molecule has 4 rings (SSSR count). The quantitative estimate of drug-likeness (QED) is 0.773. The molecule has 2 heterocycles. The van der Waals surface area contributed by atoms with Gasteiger partial charge in [-0.15, -0.1) is 11.3 Å². The molecule has 0 fully saturated rings. The first kappa shape index (κ1) is 14.6. The normalized spacial score (nSPS) is 16.3. The van der Waals surface area contributed by atoms with E-state index in [1.54, 1.807) is 22.7 Å². The fourth-order valence-corrected chi connectivity index (χ4v) is 4.56. The van der Waals surface area contributed by atoms with Crippen molar-refractivity contribution in [1.29, 1.82) is 0 Å². The van der Waals surface area contributed by atoms with Crippen molar-refractivity contribution in [3.05, 3.63) is 63.3 Å². The van der Waals surface area contributed by atoms with E-state index < -0.39 is 0 Å². The van der Waals surface area contributed by atoms with E-state index in [1.807, 2.05) is 16.8 Å². The van der Waals surface area contributed by atoms with Gasteiger partial charge in [-0.3, -0.25) is 4.79 Å². The fraction of sp³-hybridized carbons (Fsp3) is 0.222. The Morgan fingerprint density at radius 3 is 3.04 bits per heavy atom. The third-order valence-corrected chi connectivity index (χ3v) is 5.75. The number of aryl methyl sites for hydroxylation is 1. The second-order valence-electron chi connectivity index (χ2n) is 5.69. The molecule has 0 aliphatic heterocycles. The van der Waals surface area contributed by atoms with E-state index in [2.05, 4.69) is 39.9 Å². The van der Waals surface area contributed by atoms with Crippen molar-refractivity contribution in [2.75, 3.05) is 0 Å². The van der Waals surface area contributed by atoms with Gasteiger partial charge in [0.05, 0.1) is 18.2 Å². The van der Waals surface area contributed by atoms with Gasteiger partial charge in [0.1, 0.15) is 5.01 Å². The summed E-state index contributed by atoms with van der Waals surface area (Å²) < 4.78 is 0. The number of carbonyl (C=O) groups is 1. The van der Waals surface area contributed by atoms with Crippen LogP contribution in [0.15, 0.2) is 46.5 Å². The summed E-state index contributed by atoms with van der Waals surface area (Å²) in [5.74, 6) is 0.0499. The van der Waals surface area contributed by atoms with Crippen LogP contribution in [0.25, 0.3) is 10.6 Å². The SMILES string of the molecule is O=C(Cc1csc(-c2ccsc2)n1)N[C@H]1CCc2ccccc21. The second kappa shape index (κ2) is 6.26. The number of aromatic nitrogens is 1. The van der Waals surface area contributed by atoms with Gasteiger partial charge in [-0.2, -0.15) is 11.3 Å². The summed E-state index contributed by atoms with van der Waals surface area (Å²) in [6.07, 6.45) is 2.38. The number of benzene rings is 1. The summed E-state index contributed by atoms with van der Waals surface area (Å²) in [4.78, 5) is 16.9. The zero-order valence-corrected chi connectivity index (χ0v) is 14.1. The minimum Gasteiger partial charge on any atom is -0.349 e. The maximum Gasteiger partial charge on any atom is 0.226 e. The van der Waals surface area contributed by atoms with Crippen LogP contribution in [0.2, 0.25) is 0 Å². The zero-order valence-electron chi connectivity index (χ0n) is 12.5. The predicted molar refractivity (Wildman–Crippen MR) is 94.8 cm³/mol. The van der Waals surface area contributed by atoms with Gasteiger partial charge in [0.25, 0.3) is 0 Å². The van der Waals surface area contributed by atoms with E-state index in [4.69, 9.17) is 0 Å². The van der Waals surface area contributed by atoms with Crippen LogP contribution in [0.5, 0.6) is 0 Å². The molecule has 1 aliphatic carbocycles. The molecule has 1 aliphatic rings. The first-order valence-electron chi connectivity index (χ1n) is 7.64. The van der Waals surface area contributed by atoms with Gasteiger partial charge in [0.2, 0.25) is 5.91 Å². The average Bonchev–Trinajstić information content (AvgIpc) is 3.27. The third kappa shape index (κ3) is 3.07. The van der Waals surface area contributed by atoms with Crippen molar-refractivity contribution in [1.82, 2.24) is 10.3 Å². The highest BCUT2D eigenvalue weighted by Gasteiger charge is 2.23. The summed E-state index contributed by atoms with van der Waals surface area (Å²) in [6.45, 7) is 0.